The van der Waals surface area contributed by atoms with Crippen molar-refractivity contribution in [1.29, 1.82) is 0 Å². The van der Waals surface area contributed by atoms with Crippen LogP contribution in [0, 0.1) is 0 Å². The van der Waals surface area contributed by atoms with Gasteiger partial charge in [-0.15, -0.1) is 11.3 Å². The van der Waals surface area contributed by atoms with Crippen LogP contribution in [0.25, 0.3) is 65.4 Å². The van der Waals surface area contributed by atoms with Crippen LogP contribution < -0.4 is 0 Å². The van der Waals surface area contributed by atoms with E-state index in [9.17, 15) is 0 Å². The van der Waals surface area contributed by atoms with Gasteiger partial charge in [-0.25, -0.2) is 0 Å². The first kappa shape index (κ1) is 54.8. The SMILES string of the molecule is CCCCCCCCC1(CCCCCCCC)c2cc(-c3ccccc3)ccc2-c2ccc(-c3ccc(-c4ccc5c(c4)C(CCCCCCCC)(CCCCCCCC)c4cc(-c6ccccc6)ccc4-5)s3)cc21. The molecule has 7 aromatic rings. The first-order valence-corrected chi connectivity index (χ1v) is 31.7. The van der Waals surface area contributed by atoms with Gasteiger partial charge in [-0.2, -0.15) is 0 Å². The molecule has 6 aromatic carbocycles. The molecule has 0 unspecified atom stereocenters. The van der Waals surface area contributed by atoms with Crippen molar-refractivity contribution in [2.75, 3.05) is 0 Å². The van der Waals surface area contributed by atoms with Gasteiger partial charge in [0.2, 0.25) is 0 Å². The van der Waals surface area contributed by atoms with E-state index in [1.165, 1.54) is 245 Å². The van der Waals surface area contributed by atoms with Crippen LogP contribution in [0.15, 0.2) is 146 Å². The highest BCUT2D eigenvalue weighted by molar-refractivity contribution is 7.18. The smallest absolute Gasteiger partial charge is 0.0349 e. The predicted molar refractivity (Wildman–Crippen MR) is 330 cm³/mol. The fourth-order valence-corrected chi connectivity index (χ4v) is 14.7. The molecule has 1 heterocycles. The zero-order chi connectivity index (χ0) is 51.7. The Hall–Kier alpha value is -4.98. The third kappa shape index (κ3) is 12.7. The maximum absolute atomic E-state index is 2.68. The number of unbranched alkanes of at least 4 members (excludes halogenated alkanes) is 20. The molecule has 75 heavy (non-hydrogen) atoms. The molecular formula is C74H92S. The minimum Gasteiger partial charge on any atom is -0.135 e. The summed E-state index contributed by atoms with van der Waals surface area (Å²) in [7, 11) is 0. The monoisotopic (exact) mass is 1010 g/mol. The summed E-state index contributed by atoms with van der Waals surface area (Å²) < 4.78 is 0. The summed E-state index contributed by atoms with van der Waals surface area (Å²) in [5.74, 6) is 0. The summed E-state index contributed by atoms with van der Waals surface area (Å²) in [5.41, 5.74) is 20.4. The molecule has 0 bridgehead atoms. The second-order valence-corrected chi connectivity index (χ2v) is 24.3. The average Bonchev–Trinajstić information content (AvgIpc) is 4.16. The van der Waals surface area contributed by atoms with Crippen LogP contribution in [-0.2, 0) is 10.8 Å². The van der Waals surface area contributed by atoms with Gasteiger partial charge in [0.15, 0.2) is 0 Å². The molecule has 0 saturated carbocycles. The zero-order valence-corrected chi connectivity index (χ0v) is 47.9. The van der Waals surface area contributed by atoms with Crippen molar-refractivity contribution < 1.29 is 0 Å². The Labute approximate surface area is 460 Å². The van der Waals surface area contributed by atoms with Crippen molar-refractivity contribution in [2.24, 2.45) is 0 Å². The van der Waals surface area contributed by atoms with Gasteiger partial charge in [-0.3, -0.25) is 0 Å². The highest BCUT2D eigenvalue weighted by Gasteiger charge is 2.44. The van der Waals surface area contributed by atoms with E-state index in [2.05, 4.69) is 173 Å². The fourth-order valence-electron chi connectivity index (χ4n) is 13.7. The quantitative estimate of drug-likeness (QED) is 0.0369. The summed E-state index contributed by atoms with van der Waals surface area (Å²) in [6, 6.07) is 57.5. The van der Waals surface area contributed by atoms with Gasteiger partial charge >= 0.3 is 0 Å². The van der Waals surface area contributed by atoms with Gasteiger partial charge in [0, 0.05) is 20.6 Å². The number of hydrogen-bond acceptors (Lipinski definition) is 1. The minimum absolute atomic E-state index is 0.0196. The molecule has 0 amide bonds. The molecular weight excluding hydrogens is 921 g/mol. The van der Waals surface area contributed by atoms with Gasteiger partial charge in [0.05, 0.1) is 0 Å². The highest BCUT2D eigenvalue weighted by atomic mass is 32.1. The molecule has 394 valence electrons. The van der Waals surface area contributed by atoms with Crippen LogP contribution in [0.1, 0.15) is 230 Å². The Morgan fingerprint density at radius 1 is 0.253 bits per heavy atom. The van der Waals surface area contributed by atoms with Crippen molar-refractivity contribution in [1.82, 2.24) is 0 Å². The van der Waals surface area contributed by atoms with E-state index in [0.717, 1.165) is 0 Å². The summed E-state index contributed by atoms with van der Waals surface area (Å²) in [5, 5.41) is 0. The Morgan fingerprint density at radius 3 is 0.827 bits per heavy atom. The predicted octanol–water partition coefficient (Wildman–Crippen LogP) is 24.0. The Morgan fingerprint density at radius 2 is 0.520 bits per heavy atom. The molecule has 1 aromatic heterocycles. The van der Waals surface area contributed by atoms with Gasteiger partial charge in [-0.1, -0.05) is 291 Å². The van der Waals surface area contributed by atoms with E-state index in [4.69, 9.17) is 0 Å². The Kier molecular flexibility index (Phi) is 20.0. The third-order valence-corrected chi connectivity index (χ3v) is 19.1. The normalized spacial score (nSPS) is 13.7. The molecule has 0 spiro atoms. The summed E-state index contributed by atoms with van der Waals surface area (Å²) >= 11 is 2.01. The molecule has 2 aliphatic carbocycles. The minimum atomic E-state index is 0.0196. The molecule has 2 aliphatic rings. The van der Waals surface area contributed by atoms with E-state index >= 15 is 0 Å². The Bertz CT molecular complexity index is 2610. The maximum atomic E-state index is 2.68. The number of rotatable bonds is 32. The molecule has 9 rings (SSSR count). The second kappa shape index (κ2) is 27.4. The van der Waals surface area contributed by atoms with Crippen molar-refractivity contribution in [3.63, 3.8) is 0 Å². The second-order valence-electron chi connectivity index (χ2n) is 23.2. The lowest BCUT2D eigenvalue weighted by Gasteiger charge is -2.33. The van der Waals surface area contributed by atoms with Crippen LogP contribution in [0.4, 0.5) is 0 Å². The molecule has 0 fully saturated rings. The van der Waals surface area contributed by atoms with Crippen LogP contribution in [-0.4, -0.2) is 0 Å². The van der Waals surface area contributed by atoms with Crippen LogP contribution in [0.3, 0.4) is 0 Å². The molecule has 0 aliphatic heterocycles. The molecule has 0 radical (unpaired) electrons. The number of thiophene rings is 1. The van der Waals surface area contributed by atoms with Crippen molar-refractivity contribution in [3.8, 4) is 65.4 Å². The van der Waals surface area contributed by atoms with E-state index in [1.54, 1.807) is 22.3 Å². The van der Waals surface area contributed by atoms with Gasteiger partial charge in [-0.05, 0) is 140 Å². The number of hydrogen-bond donors (Lipinski definition) is 0. The Balaban J connectivity index is 1.08. The van der Waals surface area contributed by atoms with Crippen LogP contribution >= 0.6 is 11.3 Å². The first-order chi connectivity index (χ1) is 37.0. The lowest BCUT2D eigenvalue weighted by Crippen LogP contribution is -2.25. The largest absolute Gasteiger partial charge is 0.135 e. The standard InChI is InChI=1S/C74H92S/c1-5-9-13-17-21-31-49-73(50-32-22-18-14-10-6-2)67-53-59(57-35-27-25-28-36-57)39-43-63(67)65-45-41-61(55-69(65)73)71-47-48-72(75-71)62-42-46-66-64-44-40-60(58-37-29-26-30-38-58)54-68(64)74(70(66)56-62,51-33-23-19-15-11-7-3)52-34-24-20-16-12-8-4/h25-30,35-48,53-56H,5-24,31-34,49-52H2,1-4H3. The third-order valence-electron chi connectivity index (χ3n) is 17.9. The summed E-state index contributed by atoms with van der Waals surface area (Å²) in [4.78, 5) is 2.78. The van der Waals surface area contributed by atoms with Crippen LogP contribution in [0.2, 0.25) is 0 Å². The lowest BCUT2D eigenvalue weighted by molar-refractivity contribution is 0.398. The van der Waals surface area contributed by atoms with E-state index in [-0.39, 0.29) is 10.8 Å². The lowest BCUT2D eigenvalue weighted by atomic mass is 9.70. The van der Waals surface area contributed by atoms with Gasteiger partial charge in [0.25, 0.3) is 0 Å². The molecule has 0 atom stereocenters. The zero-order valence-electron chi connectivity index (χ0n) is 47.1. The van der Waals surface area contributed by atoms with E-state index in [1.807, 2.05) is 11.3 Å². The summed E-state index contributed by atoms with van der Waals surface area (Å²) in [6.07, 6.45) is 36.9. The van der Waals surface area contributed by atoms with Gasteiger partial charge in [0.1, 0.15) is 0 Å². The fraction of sp³-hybridized carbons (Fsp3) is 0.459. The highest BCUT2D eigenvalue weighted by Crippen LogP contribution is 2.58. The van der Waals surface area contributed by atoms with Crippen molar-refractivity contribution in [2.45, 2.75) is 218 Å². The molecule has 0 nitrogen and oxygen atoms in total. The first-order valence-electron chi connectivity index (χ1n) is 30.8. The number of benzene rings is 6. The molecule has 0 saturated heterocycles. The summed E-state index contributed by atoms with van der Waals surface area (Å²) in [6.45, 7) is 9.36. The molecule has 0 N–H and O–H groups in total. The maximum Gasteiger partial charge on any atom is 0.0349 e. The van der Waals surface area contributed by atoms with E-state index in [0.29, 0.717) is 0 Å². The average molecular weight is 1010 g/mol. The van der Waals surface area contributed by atoms with Crippen LogP contribution in [0.5, 0.6) is 0 Å². The van der Waals surface area contributed by atoms with Crippen molar-refractivity contribution in [3.05, 3.63) is 168 Å². The molecule has 1 heteroatoms. The van der Waals surface area contributed by atoms with Crippen molar-refractivity contribution >= 4 is 11.3 Å². The number of fused-ring (bicyclic) bond motifs is 6. The topological polar surface area (TPSA) is 0 Å². The van der Waals surface area contributed by atoms with Gasteiger partial charge < -0.3 is 0 Å². The van der Waals surface area contributed by atoms with E-state index < -0.39 is 0 Å².